The number of piperazine rings is 1. The maximum atomic E-state index is 13.1. The lowest BCUT2D eigenvalue weighted by atomic mass is 10.0. The minimum Gasteiger partial charge on any atom is -0.387 e. The van der Waals surface area contributed by atoms with Crippen molar-refractivity contribution >= 4 is 47.4 Å². The third-order valence-electron chi connectivity index (χ3n) is 4.71. The van der Waals surface area contributed by atoms with E-state index in [4.69, 9.17) is 4.99 Å². The van der Waals surface area contributed by atoms with Crippen molar-refractivity contribution < 1.29 is 9.50 Å². The van der Waals surface area contributed by atoms with E-state index in [9.17, 15) is 9.50 Å². The van der Waals surface area contributed by atoms with Crippen molar-refractivity contribution in [2.45, 2.75) is 18.9 Å². The first-order valence-corrected chi connectivity index (χ1v) is 10.1. The van der Waals surface area contributed by atoms with Gasteiger partial charge in [-0.2, -0.15) is 11.8 Å². The Bertz CT molecular complexity index is 587. The molecule has 0 aromatic heterocycles. The van der Waals surface area contributed by atoms with E-state index >= 15 is 0 Å². The molecule has 2 N–H and O–H groups in total. The summed E-state index contributed by atoms with van der Waals surface area (Å²) in [5.41, 5.74) is 0.404. The fraction of sp³-hybridized carbons (Fsp3) is 0.611. The Kier molecular flexibility index (Phi) is 8.28. The number of hydrogen-bond donors (Lipinski definition) is 2. The van der Waals surface area contributed by atoms with E-state index < -0.39 is 5.60 Å². The molecule has 3 rings (SSSR count). The molecule has 1 atom stereocenters. The summed E-state index contributed by atoms with van der Waals surface area (Å²) in [7, 11) is 0. The summed E-state index contributed by atoms with van der Waals surface area (Å²) in [4.78, 5) is 9.21. The van der Waals surface area contributed by atoms with Crippen LogP contribution < -0.4 is 10.2 Å². The average molecular weight is 494 g/mol. The van der Waals surface area contributed by atoms with E-state index in [1.807, 2.05) is 12.1 Å². The highest BCUT2D eigenvalue weighted by molar-refractivity contribution is 14.0. The zero-order valence-corrected chi connectivity index (χ0v) is 18.3. The van der Waals surface area contributed by atoms with Crippen LogP contribution in [0.5, 0.6) is 0 Å². The van der Waals surface area contributed by atoms with Gasteiger partial charge < -0.3 is 20.2 Å². The predicted octanol–water partition coefficient (Wildman–Crippen LogP) is 2.40. The molecule has 2 fully saturated rings. The Hall–Kier alpha value is -0.740. The van der Waals surface area contributed by atoms with Crippen LogP contribution in [-0.4, -0.2) is 72.3 Å². The van der Waals surface area contributed by atoms with Crippen molar-refractivity contribution in [1.82, 2.24) is 10.2 Å². The van der Waals surface area contributed by atoms with Gasteiger partial charge in [-0.15, -0.1) is 24.0 Å². The molecule has 146 valence electrons. The quantitative estimate of drug-likeness (QED) is 0.383. The molecule has 1 aromatic carbocycles. The summed E-state index contributed by atoms with van der Waals surface area (Å²) in [6.07, 6.45) is 0.818. The van der Waals surface area contributed by atoms with Gasteiger partial charge in [0, 0.05) is 44.2 Å². The highest BCUT2D eigenvalue weighted by Gasteiger charge is 2.32. The lowest BCUT2D eigenvalue weighted by Gasteiger charge is -2.38. The van der Waals surface area contributed by atoms with Gasteiger partial charge in [-0.1, -0.05) is 0 Å². The van der Waals surface area contributed by atoms with Crippen LogP contribution in [0.1, 0.15) is 13.3 Å². The number of aliphatic imine (C=N–C) groups is 1. The number of nitrogens with one attached hydrogen (secondary N) is 1. The van der Waals surface area contributed by atoms with Gasteiger partial charge in [-0.25, -0.2) is 4.39 Å². The van der Waals surface area contributed by atoms with Gasteiger partial charge in [-0.05, 0) is 43.4 Å². The zero-order valence-electron chi connectivity index (χ0n) is 15.2. The second-order valence-corrected chi connectivity index (χ2v) is 7.75. The first-order chi connectivity index (χ1) is 12.1. The van der Waals surface area contributed by atoms with Crippen LogP contribution in [0.2, 0.25) is 0 Å². The first-order valence-electron chi connectivity index (χ1n) is 8.93. The largest absolute Gasteiger partial charge is 0.387 e. The van der Waals surface area contributed by atoms with Gasteiger partial charge in [-0.3, -0.25) is 4.99 Å². The fourth-order valence-electron chi connectivity index (χ4n) is 3.20. The minimum atomic E-state index is -0.652. The van der Waals surface area contributed by atoms with Gasteiger partial charge in [0.05, 0.1) is 12.1 Å². The molecule has 2 saturated heterocycles. The van der Waals surface area contributed by atoms with Crippen LogP contribution in [0.15, 0.2) is 29.3 Å². The Labute approximate surface area is 176 Å². The number of guanidine groups is 1. The third-order valence-corrected chi connectivity index (χ3v) is 5.95. The first kappa shape index (κ1) is 21.6. The van der Waals surface area contributed by atoms with Gasteiger partial charge >= 0.3 is 0 Å². The second-order valence-electron chi connectivity index (χ2n) is 6.65. The standard InChI is InChI=1S/C18H27FN4OS.HI/c1-2-20-17(21-13-18(24)7-12-25-14-18)23-10-8-22(9-11-23)16-5-3-15(19)4-6-16;/h3-6,24H,2,7-14H2,1H3,(H,20,21);1H. The molecule has 0 saturated carbocycles. The maximum Gasteiger partial charge on any atom is 0.194 e. The number of aliphatic hydroxyl groups is 1. The van der Waals surface area contributed by atoms with E-state index in [1.54, 1.807) is 11.8 Å². The summed E-state index contributed by atoms with van der Waals surface area (Å²) in [5, 5.41) is 13.9. The summed E-state index contributed by atoms with van der Waals surface area (Å²) in [6, 6.07) is 6.68. The number of thioether (sulfide) groups is 1. The summed E-state index contributed by atoms with van der Waals surface area (Å²) >= 11 is 1.79. The third kappa shape index (κ3) is 5.63. The normalized spacial score (nSPS) is 23.7. The number of anilines is 1. The van der Waals surface area contributed by atoms with Crippen LogP contribution in [0.3, 0.4) is 0 Å². The van der Waals surface area contributed by atoms with Crippen LogP contribution in [0, 0.1) is 5.82 Å². The monoisotopic (exact) mass is 494 g/mol. The zero-order chi connectivity index (χ0) is 17.7. The van der Waals surface area contributed by atoms with Gasteiger partial charge in [0.15, 0.2) is 5.96 Å². The molecular formula is C18H28FIN4OS. The van der Waals surface area contributed by atoms with Crippen molar-refractivity contribution in [1.29, 1.82) is 0 Å². The Morgan fingerprint density at radius 3 is 2.54 bits per heavy atom. The van der Waals surface area contributed by atoms with Crippen LogP contribution in [0.4, 0.5) is 10.1 Å². The molecule has 0 bridgehead atoms. The molecule has 0 radical (unpaired) electrons. The number of hydrogen-bond acceptors (Lipinski definition) is 4. The van der Waals surface area contributed by atoms with E-state index in [1.165, 1.54) is 12.1 Å². The van der Waals surface area contributed by atoms with Gasteiger partial charge in [0.2, 0.25) is 0 Å². The molecule has 0 spiro atoms. The molecular weight excluding hydrogens is 466 g/mol. The number of nitrogens with zero attached hydrogens (tertiary/aromatic N) is 3. The van der Waals surface area contributed by atoms with E-state index in [-0.39, 0.29) is 29.8 Å². The SMILES string of the molecule is CCNC(=NCC1(O)CCSC1)N1CCN(c2ccc(F)cc2)CC1.I. The molecule has 5 nitrogen and oxygen atoms in total. The van der Waals surface area contributed by atoms with Crippen molar-refractivity contribution in [3.63, 3.8) is 0 Å². The number of halogens is 2. The maximum absolute atomic E-state index is 13.1. The predicted molar refractivity (Wildman–Crippen MR) is 118 cm³/mol. The van der Waals surface area contributed by atoms with E-state index in [0.29, 0.717) is 6.54 Å². The molecule has 0 aliphatic carbocycles. The average Bonchev–Trinajstić information content (AvgIpc) is 3.06. The molecule has 26 heavy (non-hydrogen) atoms. The van der Waals surface area contributed by atoms with Gasteiger partial charge in [0.25, 0.3) is 0 Å². The lowest BCUT2D eigenvalue weighted by Crippen LogP contribution is -2.53. The Balaban J connectivity index is 0.00000243. The molecule has 2 aliphatic rings. The highest BCUT2D eigenvalue weighted by Crippen LogP contribution is 2.28. The van der Waals surface area contributed by atoms with E-state index in [2.05, 4.69) is 22.0 Å². The topological polar surface area (TPSA) is 51.1 Å². The minimum absolute atomic E-state index is 0. The number of rotatable bonds is 4. The van der Waals surface area contributed by atoms with Crippen molar-refractivity contribution in [3.8, 4) is 0 Å². The van der Waals surface area contributed by atoms with Gasteiger partial charge in [0.1, 0.15) is 5.82 Å². The van der Waals surface area contributed by atoms with Crippen LogP contribution in [0.25, 0.3) is 0 Å². The molecule has 0 amide bonds. The van der Waals surface area contributed by atoms with Crippen LogP contribution >= 0.6 is 35.7 Å². The van der Waals surface area contributed by atoms with Crippen molar-refractivity contribution in [3.05, 3.63) is 30.1 Å². The summed E-state index contributed by atoms with van der Waals surface area (Å²) in [5.74, 6) is 2.46. The highest BCUT2D eigenvalue weighted by atomic mass is 127. The summed E-state index contributed by atoms with van der Waals surface area (Å²) in [6.45, 7) is 6.79. The van der Waals surface area contributed by atoms with E-state index in [0.717, 1.165) is 62.3 Å². The Morgan fingerprint density at radius 2 is 1.96 bits per heavy atom. The second kappa shape index (κ2) is 9.98. The lowest BCUT2D eigenvalue weighted by molar-refractivity contribution is 0.0775. The molecule has 8 heteroatoms. The smallest absolute Gasteiger partial charge is 0.194 e. The molecule has 1 aromatic rings. The molecule has 2 aliphatic heterocycles. The molecule has 1 unspecified atom stereocenters. The summed E-state index contributed by atoms with van der Waals surface area (Å²) < 4.78 is 13.1. The van der Waals surface area contributed by atoms with Crippen molar-refractivity contribution in [2.24, 2.45) is 4.99 Å². The van der Waals surface area contributed by atoms with Crippen molar-refractivity contribution in [2.75, 3.05) is 55.7 Å². The molecule has 2 heterocycles. The number of benzene rings is 1. The Morgan fingerprint density at radius 1 is 1.27 bits per heavy atom. The fourth-order valence-corrected chi connectivity index (χ4v) is 4.48. The van der Waals surface area contributed by atoms with Crippen LogP contribution in [-0.2, 0) is 0 Å².